The van der Waals surface area contributed by atoms with Gasteiger partial charge >= 0.3 is 0 Å². The Morgan fingerprint density at radius 3 is 2.71 bits per heavy atom. The largest absolute Gasteiger partial charge is 0.310 e. The Labute approximate surface area is 85.9 Å². The van der Waals surface area contributed by atoms with Crippen LogP contribution in [0.3, 0.4) is 0 Å². The Balaban J connectivity index is 2.28. The van der Waals surface area contributed by atoms with Crippen molar-refractivity contribution in [2.45, 2.75) is 13.5 Å². The summed E-state index contributed by atoms with van der Waals surface area (Å²) >= 11 is 0. The molecule has 0 amide bonds. The van der Waals surface area contributed by atoms with E-state index in [1.165, 1.54) is 5.69 Å². The van der Waals surface area contributed by atoms with E-state index in [1.54, 1.807) is 0 Å². The number of aromatic nitrogens is 2. The Kier molecular flexibility index (Phi) is 4.10. The Hall–Kier alpha value is -0.870. The predicted octanol–water partition coefficient (Wildman–Crippen LogP) is 0.380. The fourth-order valence-electron chi connectivity index (χ4n) is 1.35. The van der Waals surface area contributed by atoms with Crippen LogP contribution in [0, 0.1) is 6.92 Å². The highest BCUT2D eigenvalue weighted by atomic mass is 15.3. The molecule has 0 aliphatic heterocycles. The lowest BCUT2D eigenvalue weighted by molar-refractivity contribution is 0.398. The zero-order valence-corrected chi connectivity index (χ0v) is 9.54. The fourth-order valence-corrected chi connectivity index (χ4v) is 1.35. The molecule has 0 saturated heterocycles. The number of likely N-dealkylation sites (N-methyl/N-ethyl adjacent to an activating group) is 1. The second-order valence-corrected chi connectivity index (χ2v) is 3.88. The van der Waals surface area contributed by atoms with Gasteiger partial charge in [0.05, 0.1) is 11.4 Å². The third-order valence-corrected chi connectivity index (χ3v) is 2.14. The smallest absolute Gasteiger partial charge is 0.0597 e. The van der Waals surface area contributed by atoms with Gasteiger partial charge in [0.15, 0.2) is 0 Å². The highest BCUT2D eigenvalue weighted by Gasteiger charge is 2.00. The van der Waals surface area contributed by atoms with Gasteiger partial charge in [0, 0.05) is 26.7 Å². The maximum Gasteiger partial charge on any atom is 0.0597 e. The first-order valence-corrected chi connectivity index (χ1v) is 4.94. The van der Waals surface area contributed by atoms with Gasteiger partial charge in [-0.3, -0.25) is 4.68 Å². The van der Waals surface area contributed by atoms with Gasteiger partial charge in [-0.05, 0) is 27.1 Å². The van der Waals surface area contributed by atoms with Crippen molar-refractivity contribution in [3.8, 4) is 0 Å². The molecule has 0 radical (unpaired) electrons. The molecular weight excluding hydrogens is 176 g/mol. The Morgan fingerprint density at radius 1 is 1.50 bits per heavy atom. The second-order valence-electron chi connectivity index (χ2n) is 3.88. The summed E-state index contributed by atoms with van der Waals surface area (Å²) in [6.07, 6.45) is 0. The molecule has 0 aliphatic carbocycles. The zero-order valence-electron chi connectivity index (χ0n) is 9.54. The minimum absolute atomic E-state index is 0.894. The average molecular weight is 196 g/mol. The number of nitrogens with zero attached hydrogens (tertiary/aromatic N) is 3. The molecule has 0 aromatic carbocycles. The van der Waals surface area contributed by atoms with Gasteiger partial charge in [-0.1, -0.05) is 0 Å². The van der Waals surface area contributed by atoms with Crippen LogP contribution < -0.4 is 5.32 Å². The van der Waals surface area contributed by atoms with E-state index in [-0.39, 0.29) is 0 Å². The van der Waals surface area contributed by atoms with Crippen LogP contribution in [0.5, 0.6) is 0 Å². The first-order chi connectivity index (χ1) is 6.59. The van der Waals surface area contributed by atoms with E-state index in [0.717, 1.165) is 25.3 Å². The van der Waals surface area contributed by atoms with Crippen molar-refractivity contribution in [1.82, 2.24) is 20.0 Å². The monoisotopic (exact) mass is 196 g/mol. The molecule has 4 heteroatoms. The van der Waals surface area contributed by atoms with E-state index in [9.17, 15) is 0 Å². The van der Waals surface area contributed by atoms with Gasteiger partial charge in [-0.15, -0.1) is 0 Å². The van der Waals surface area contributed by atoms with Crippen molar-refractivity contribution >= 4 is 0 Å². The number of hydrogen-bond donors (Lipinski definition) is 1. The summed E-state index contributed by atoms with van der Waals surface area (Å²) in [6, 6.07) is 2.11. The van der Waals surface area contributed by atoms with Crippen LogP contribution in [0.1, 0.15) is 11.4 Å². The Morgan fingerprint density at radius 2 is 2.21 bits per heavy atom. The van der Waals surface area contributed by atoms with E-state index < -0.39 is 0 Å². The van der Waals surface area contributed by atoms with E-state index in [4.69, 9.17) is 0 Å². The van der Waals surface area contributed by atoms with E-state index in [1.807, 2.05) is 18.7 Å². The normalized spacial score (nSPS) is 11.2. The second kappa shape index (κ2) is 5.12. The molecule has 0 atom stereocenters. The SMILES string of the molecule is Cc1cc(CNCCN(C)C)n(C)n1. The lowest BCUT2D eigenvalue weighted by atomic mass is 10.3. The Bertz CT molecular complexity index is 278. The van der Waals surface area contributed by atoms with Crippen molar-refractivity contribution in [2.75, 3.05) is 27.2 Å². The zero-order chi connectivity index (χ0) is 10.6. The molecule has 80 valence electrons. The molecule has 1 heterocycles. The minimum atomic E-state index is 0.894. The highest BCUT2D eigenvalue weighted by molar-refractivity contribution is 5.08. The molecule has 4 nitrogen and oxygen atoms in total. The molecule has 1 aromatic heterocycles. The maximum absolute atomic E-state index is 4.29. The van der Waals surface area contributed by atoms with E-state index in [2.05, 4.69) is 35.5 Å². The quantitative estimate of drug-likeness (QED) is 0.691. The molecule has 0 saturated carbocycles. The maximum atomic E-state index is 4.29. The molecule has 14 heavy (non-hydrogen) atoms. The van der Waals surface area contributed by atoms with Crippen LogP contribution in [0.2, 0.25) is 0 Å². The molecule has 0 spiro atoms. The van der Waals surface area contributed by atoms with E-state index >= 15 is 0 Å². The standard InChI is InChI=1S/C10H20N4/c1-9-7-10(14(4)12-9)8-11-5-6-13(2)3/h7,11H,5-6,8H2,1-4H3. The average Bonchev–Trinajstić information content (AvgIpc) is 2.39. The van der Waals surface area contributed by atoms with Crippen LogP contribution in [0.4, 0.5) is 0 Å². The third-order valence-electron chi connectivity index (χ3n) is 2.14. The van der Waals surface area contributed by atoms with Gasteiger partial charge in [-0.2, -0.15) is 5.10 Å². The minimum Gasteiger partial charge on any atom is -0.310 e. The summed E-state index contributed by atoms with van der Waals surface area (Å²) in [7, 11) is 6.14. The summed E-state index contributed by atoms with van der Waals surface area (Å²) < 4.78 is 1.93. The third kappa shape index (κ3) is 3.47. The predicted molar refractivity (Wildman–Crippen MR) is 58.2 cm³/mol. The number of hydrogen-bond acceptors (Lipinski definition) is 3. The van der Waals surface area contributed by atoms with Gasteiger partial charge in [0.25, 0.3) is 0 Å². The molecule has 0 bridgehead atoms. The van der Waals surface area contributed by atoms with E-state index in [0.29, 0.717) is 0 Å². The van der Waals surface area contributed by atoms with Crippen molar-refractivity contribution in [3.63, 3.8) is 0 Å². The van der Waals surface area contributed by atoms with Gasteiger partial charge < -0.3 is 10.2 Å². The fraction of sp³-hybridized carbons (Fsp3) is 0.700. The summed E-state index contributed by atoms with van der Waals surface area (Å²) in [5, 5.41) is 7.68. The highest BCUT2D eigenvalue weighted by Crippen LogP contribution is 2.00. The lowest BCUT2D eigenvalue weighted by Gasteiger charge is -2.10. The van der Waals surface area contributed by atoms with Crippen LogP contribution in [0.25, 0.3) is 0 Å². The number of aryl methyl sites for hydroxylation is 2. The molecule has 1 N–H and O–H groups in total. The van der Waals surface area contributed by atoms with Crippen molar-refractivity contribution in [1.29, 1.82) is 0 Å². The van der Waals surface area contributed by atoms with Crippen LogP contribution in [-0.2, 0) is 13.6 Å². The first kappa shape index (κ1) is 11.2. The molecule has 0 unspecified atom stereocenters. The molecule has 0 aliphatic rings. The van der Waals surface area contributed by atoms with Crippen LogP contribution in [0.15, 0.2) is 6.07 Å². The van der Waals surface area contributed by atoms with Gasteiger partial charge in [-0.25, -0.2) is 0 Å². The molecule has 1 rings (SSSR count). The summed E-state index contributed by atoms with van der Waals surface area (Å²) in [4.78, 5) is 2.17. The molecular formula is C10H20N4. The summed E-state index contributed by atoms with van der Waals surface area (Å²) in [6.45, 7) is 4.99. The summed E-state index contributed by atoms with van der Waals surface area (Å²) in [5.74, 6) is 0. The summed E-state index contributed by atoms with van der Waals surface area (Å²) in [5.41, 5.74) is 2.32. The van der Waals surface area contributed by atoms with Crippen LogP contribution >= 0.6 is 0 Å². The molecule has 1 aromatic rings. The lowest BCUT2D eigenvalue weighted by Crippen LogP contribution is -2.26. The number of nitrogens with one attached hydrogen (secondary N) is 1. The van der Waals surface area contributed by atoms with Crippen molar-refractivity contribution in [3.05, 3.63) is 17.5 Å². The first-order valence-electron chi connectivity index (χ1n) is 4.94. The molecule has 0 fully saturated rings. The topological polar surface area (TPSA) is 33.1 Å². The van der Waals surface area contributed by atoms with Gasteiger partial charge in [0.2, 0.25) is 0 Å². The van der Waals surface area contributed by atoms with Gasteiger partial charge in [0.1, 0.15) is 0 Å². The number of rotatable bonds is 5. The van der Waals surface area contributed by atoms with Crippen molar-refractivity contribution in [2.24, 2.45) is 7.05 Å². The van der Waals surface area contributed by atoms with Crippen LogP contribution in [-0.4, -0.2) is 41.9 Å². The van der Waals surface area contributed by atoms with Crippen molar-refractivity contribution < 1.29 is 0 Å².